The number of hydrogen-bond acceptors (Lipinski definition) is 2. The maximum atomic E-state index is 13.5. The molecule has 1 N–H and O–H groups in total. The predicted octanol–water partition coefficient (Wildman–Crippen LogP) is 3.51. The van der Waals surface area contributed by atoms with Gasteiger partial charge >= 0.3 is 6.61 Å². The molecule has 0 amide bonds. The number of alkyl halides is 2. The molecule has 0 fully saturated rings. The largest absolute Gasteiger partial charge is 0.435 e. The van der Waals surface area contributed by atoms with Crippen LogP contribution in [0.25, 0.3) is 0 Å². The maximum absolute atomic E-state index is 13.5. The SMILES string of the molecule is OC(c1cccc(OC(F)F)c1)c1ccccc1F. The van der Waals surface area contributed by atoms with Gasteiger partial charge in [-0.25, -0.2) is 4.39 Å². The topological polar surface area (TPSA) is 29.5 Å². The molecule has 1 atom stereocenters. The highest BCUT2D eigenvalue weighted by Crippen LogP contribution is 2.27. The lowest BCUT2D eigenvalue weighted by atomic mass is 10.0. The number of aliphatic hydroxyl groups is 1. The monoisotopic (exact) mass is 268 g/mol. The van der Waals surface area contributed by atoms with E-state index in [1.54, 1.807) is 6.07 Å². The number of hydrogen-bond donors (Lipinski definition) is 1. The van der Waals surface area contributed by atoms with Gasteiger partial charge in [-0.05, 0) is 23.8 Å². The van der Waals surface area contributed by atoms with E-state index >= 15 is 0 Å². The zero-order valence-corrected chi connectivity index (χ0v) is 9.76. The van der Waals surface area contributed by atoms with Crippen molar-refractivity contribution in [1.29, 1.82) is 0 Å². The summed E-state index contributed by atoms with van der Waals surface area (Å²) in [5.41, 5.74) is 0.361. The fourth-order valence-corrected chi connectivity index (χ4v) is 1.74. The summed E-state index contributed by atoms with van der Waals surface area (Å²) >= 11 is 0. The molecule has 100 valence electrons. The minimum absolute atomic E-state index is 0.0803. The second-order valence-corrected chi connectivity index (χ2v) is 3.88. The zero-order chi connectivity index (χ0) is 13.8. The summed E-state index contributed by atoms with van der Waals surface area (Å²) in [6.45, 7) is -2.94. The number of rotatable bonds is 4. The lowest BCUT2D eigenvalue weighted by Crippen LogP contribution is -2.05. The van der Waals surface area contributed by atoms with E-state index in [-0.39, 0.29) is 16.9 Å². The number of aliphatic hydroxyl groups excluding tert-OH is 1. The van der Waals surface area contributed by atoms with Crippen molar-refractivity contribution in [2.24, 2.45) is 0 Å². The minimum Gasteiger partial charge on any atom is -0.435 e. The molecule has 0 aliphatic heterocycles. The predicted molar refractivity (Wildman–Crippen MR) is 63.5 cm³/mol. The Labute approximate surface area is 108 Å². The van der Waals surface area contributed by atoms with Crippen molar-refractivity contribution < 1.29 is 23.0 Å². The zero-order valence-electron chi connectivity index (χ0n) is 9.76. The van der Waals surface area contributed by atoms with Gasteiger partial charge in [-0.1, -0.05) is 30.3 Å². The van der Waals surface area contributed by atoms with Crippen molar-refractivity contribution in [3.63, 3.8) is 0 Å². The Bertz CT molecular complexity index is 558. The molecule has 0 saturated carbocycles. The van der Waals surface area contributed by atoms with Crippen LogP contribution in [-0.4, -0.2) is 11.7 Å². The van der Waals surface area contributed by atoms with Crippen molar-refractivity contribution in [3.05, 3.63) is 65.5 Å². The average Bonchev–Trinajstić information content (AvgIpc) is 2.38. The molecule has 0 heterocycles. The highest BCUT2D eigenvalue weighted by molar-refractivity contribution is 5.35. The Balaban J connectivity index is 2.29. The van der Waals surface area contributed by atoms with E-state index in [1.165, 1.54) is 42.5 Å². The third-order valence-electron chi connectivity index (χ3n) is 2.60. The van der Waals surface area contributed by atoms with Gasteiger partial charge in [-0.15, -0.1) is 0 Å². The van der Waals surface area contributed by atoms with Crippen LogP contribution in [0.15, 0.2) is 48.5 Å². The van der Waals surface area contributed by atoms with Gasteiger partial charge in [0.2, 0.25) is 0 Å². The first kappa shape index (κ1) is 13.4. The van der Waals surface area contributed by atoms with Gasteiger partial charge in [-0.2, -0.15) is 8.78 Å². The van der Waals surface area contributed by atoms with Crippen molar-refractivity contribution in [3.8, 4) is 5.75 Å². The van der Waals surface area contributed by atoms with Gasteiger partial charge in [0.05, 0.1) is 0 Å². The quantitative estimate of drug-likeness (QED) is 0.919. The third kappa shape index (κ3) is 3.26. The molecule has 5 heteroatoms. The van der Waals surface area contributed by atoms with Crippen LogP contribution in [0.5, 0.6) is 5.75 Å². The van der Waals surface area contributed by atoms with Crippen LogP contribution < -0.4 is 4.74 Å². The first-order chi connectivity index (χ1) is 9.08. The van der Waals surface area contributed by atoms with Gasteiger partial charge in [0.25, 0.3) is 0 Å². The van der Waals surface area contributed by atoms with E-state index in [0.717, 1.165) is 0 Å². The van der Waals surface area contributed by atoms with Crippen LogP contribution in [0.3, 0.4) is 0 Å². The molecule has 2 aromatic carbocycles. The van der Waals surface area contributed by atoms with E-state index in [1.807, 2.05) is 0 Å². The normalized spacial score (nSPS) is 12.5. The molecule has 0 aliphatic rings. The molecule has 19 heavy (non-hydrogen) atoms. The summed E-state index contributed by atoms with van der Waals surface area (Å²) in [6, 6.07) is 11.3. The minimum atomic E-state index is -2.94. The van der Waals surface area contributed by atoms with Crippen molar-refractivity contribution in [2.75, 3.05) is 0 Å². The number of benzene rings is 2. The second-order valence-electron chi connectivity index (χ2n) is 3.88. The summed E-state index contributed by atoms with van der Waals surface area (Å²) in [5.74, 6) is -0.641. The molecule has 2 aromatic rings. The van der Waals surface area contributed by atoms with E-state index in [4.69, 9.17) is 0 Å². The fourth-order valence-electron chi connectivity index (χ4n) is 1.74. The Hall–Kier alpha value is -2.01. The standard InChI is InChI=1S/C14H11F3O2/c15-12-7-2-1-6-11(12)13(18)9-4-3-5-10(8-9)19-14(16)17/h1-8,13-14,18H. The molecule has 0 spiro atoms. The van der Waals surface area contributed by atoms with Gasteiger partial charge in [-0.3, -0.25) is 0 Å². The highest BCUT2D eigenvalue weighted by Gasteiger charge is 2.15. The molecule has 1 unspecified atom stereocenters. The Morgan fingerprint density at radius 1 is 1.00 bits per heavy atom. The van der Waals surface area contributed by atoms with Crippen LogP contribution >= 0.6 is 0 Å². The molecular weight excluding hydrogens is 257 g/mol. The smallest absolute Gasteiger partial charge is 0.387 e. The van der Waals surface area contributed by atoms with Crippen molar-refractivity contribution >= 4 is 0 Å². The van der Waals surface area contributed by atoms with Gasteiger partial charge in [0.1, 0.15) is 17.7 Å². The van der Waals surface area contributed by atoms with E-state index in [9.17, 15) is 18.3 Å². The van der Waals surface area contributed by atoms with Crippen LogP contribution in [0.4, 0.5) is 13.2 Å². The number of ether oxygens (including phenoxy) is 1. The third-order valence-corrected chi connectivity index (χ3v) is 2.60. The number of halogens is 3. The summed E-state index contributed by atoms with van der Waals surface area (Å²) in [4.78, 5) is 0. The van der Waals surface area contributed by atoms with Crippen molar-refractivity contribution in [1.82, 2.24) is 0 Å². The molecule has 0 radical (unpaired) electrons. The highest BCUT2D eigenvalue weighted by atomic mass is 19.3. The van der Waals surface area contributed by atoms with Crippen molar-refractivity contribution in [2.45, 2.75) is 12.7 Å². The lowest BCUT2D eigenvalue weighted by molar-refractivity contribution is -0.0499. The van der Waals surface area contributed by atoms with E-state index < -0.39 is 18.5 Å². The molecule has 0 bridgehead atoms. The van der Waals surface area contributed by atoms with E-state index in [2.05, 4.69) is 4.74 Å². The summed E-state index contributed by atoms with van der Waals surface area (Å²) < 4.78 is 41.9. The fraction of sp³-hybridized carbons (Fsp3) is 0.143. The molecule has 0 saturated heterocycles. The van der Waals surface area contributed by atoms with E-state index in [0.29, 0.717) is 0 Å². The van der Waals surface area contributed by atoms with Gasteiger partial charge < -0.3 is 9.84 Å². The molecule has 2 rings (SSSR count). The molecule has 0 aromatic heterocycles. The van der Waals surface area contributed by atoms with Gasteiger partial charge in [0, 0.05) is 5.56 Å². The first-order valence-corrected chi connectivity index (χ1v) is 5.55. The molecule has 0 aliphatic carbocycles. The second kappa shape index (κ2) is 5.75. The summed E-state index contributed by atoms with van der Waals surface area (Å²) in [7, 11) is 0. The summed E-state index contributed by atoms with van der Waals surface area (Å²) in [6.07, 6.45) is -1.23. The van der Waals surface area contributed by atoms with Crippen LogP contribution in [0, 0.1) is 5.82 Å². The van der Waals surface area contributed by atoms with Crippen LogP contribution in [0.2, 0.25) is 0 Å². The Morgan fingerprint density at radius 3 is 2.42 bits per heavy atom. The molecule has 2 nitrogen and oxygen atoms in total. The molecular formula is C14H11F3O2. The van der Waals surface area contributed by atoms with Gasteiger partial charge in [0.15, 0.2) is 0 Å². The lowest BCUT2D eigenvalue weighted by Gasteiger charge is -2.13. The Kier molecular flexibility index (Phi) is 4.06. The maximum Gasteiger partial charge on any atom is 0.387 e. The average molecular weight is 268 g/mol. The van der Waals surface area contributed by atoms with Crippen LogP contribution in [0.1, 0.15) is 17.2 Å². The summed E-state index contributed by atoms with van der Waals surface area (Å²) in [5, 5.41) is 10.0. The first-order valence-electron chi connectivity index (χ1n) is 5.55. The van der Waals surface area contributed by atoms with Crippen LogP contribution in [-0.2, 0) is 0 Å². The Morgan fingerprint density at radius 2 is 1.74 bits per heavy atom.